The van der Waals surface area contributed by atoms with Crippen molar-refractivity contribution in [3.8, 4) is 5.75 Å². The van der Waals surface area contributed by atoms with Gasteiger partial charge >= 0.3 is 5.69 Å². The van der Waals surface area contributed by atoms with E-state index < -0.39 is 4.92 Å². The number of nitro groups is 1. The lowest BCUT2D eigenvalue weighted by Gasteiger charge is -2.33. The molecule has 1 atom stereocenters. The third-order valence-electron chi connectivity index (χ3n) is 3.51. The minimum atomic E-state index is -0.416. The second-order valence-corrected chi connectivity index (χ2v) is 4.65. The number of nitro benzene ring substituents is 1. The van der Waals surface area contributed by atoms with Gasteiger partial charge in [0.25, 0.3) is 0 Å². The lowest BCUT2D eigenvalue weighted by molar-refractivity contribution is -0.385. The van der Waals surface area contributed by atoms with Crippen LogP contribution < -0.4 is 10.1 Å². The molecular formula is C14H19N3O3. The monoisotopic (exact) mass is 277 g/mol. The number of methoxy groups -OCH3 is 1. The van der Waals surface area contributed by atoms with Gasteiger partial charge in [0.1, 0.15) is 0 Å². The predicted octanol–water partition coefficient (Wildman–Crippen LogP) is 1.74. The maximum atomic E-state index is 11.1. The topological polar surface area (TPSA) is 67.6 Å². The van der Waals surface area contributed by atoms with Gasteiger partial charge in [0.05, 0.1) is 18.1 Å². The summed E-state index contributed by atoms with van der Waals surface area (Å²) >= 11 is 0. The van der Waals surface area contributed by atoms with Crippen LogP contribution in [-0.4, -0.2) is 43.1 Å². The van der Waals surface area contributed by atoms with Crippen LogP contribution in [0.3, 0.4) is 0 Å². The Hall–Kier alpha value is -1.92. The Kier molecular flexibility index (Phi) is 4.70. The first-order valence-corrected chi connectivity index (χ1v) is 6.57. The molecule has 0 saturated carbocycles. The molecule has 6 nitrogen and oxygen atoms in total. The quantitative estimate of drug-likeness (QED) is 0.504. The molecule has 0 aromatic heterocycles. The van der Waals surface area contributed by atoms with Crippen LogP contribution in [0.25, 0.3) is 0 Å². The summed E-state index contributed by atoms with van der Waals surface area (Å²) < 4.78 is 5.03. The number of hydrogen-bond acceptors (Lipinski definition) is 5. The molecule has 1 N–H and O–H groups in total. The molecule has 0 radical (unpaired) electrons. The zero-order valence-electron chi connectivity index (χ0n) is 11.5. The van der Waals surface area contributed by atoms with Crippen molar-refractivity contribution in [2.24, 2.45) is 0 Å². The summed E-state index contributed by atoms with van der Waals surface area (Å²) in [6, 6.07) is 5.07. The van der Waals surface area contributed by atoms with E-state index in [9.17, 15) is 10.1 Å². The average Bonchev–Trinajstić information content (AvgIpc) is 2.49. The molecule has 2 rings (SSSR count). The van der Waals surface area contributed by atoms with Crippen molar-refractivity contribution in [2.75, 3.05) is 33.3 Å². The minimum Gasteiger partial charge on any atom is -0.490 e. The van der Waals surface area contributed by atoms with Gasteiger partial charge in [-0.2, -0.15) is 0 Å². The molecular weight excluding hydrogens is 258 g/mol. The Morgan fingerprint density at radius 2 is 2.20 bits per heavy atom. The van der Waals surface area contributed by atoms with Crippen molar-refractivity contribution in [3.63, 3.8) is 0 Å². The van der Waals surface area contributed by atoms with Crippen LogP contribution >= 0.6 is 0 Å². The molecule has 1 fully saturated rings. The highest BCUT2D eigenvalue weighted by atomic mass is 16.6. The van der Waals surface area contributed by atoms with E-state index in [-0.39, 0.29) is 17.5 Å². The van der Waals surface area contributed by atoms with Gasteiger partial charge in [-0.15, -0.1) is 6.58 Å². The molecule has 0 unspecified atom stereocenters. The van der Waals surface area contributed by atoms with Crippen molar-refractivity contribution in [3.05, 3.63) is 46.5 Å². The zero-order valence-corrected chi connectivity index (χ0v) is 11.5. The first kappa shape index (κ1) is 14.5. The molecule has 1 aliphatic rings. The van der Waals surface area contributed by atoms with Gasteiger partial charge in [-0.25, -0.2) is 0 Å². The molecule has 0 bridgehead atoms. The second kappa shape index (κ2) is 6.49. The second-order valence-electron chi connectivity index (χ2n) is 4.65. The molecule has 1 aromatic carbocycles. The normalized spacial score (nSPS) is 17.4. The van der Waals surface area contributed by atoms with E-state index in [4.69, 9.17) is 4.74 Å². The van der Waals surface area contributed by atoms with Crippen LogP contribution in [0.4, 0.5) is 5.69 Å². The van der Waals surface area contributed by atoms with E-state index in [1.807, 2.05) is 12.1 Å². The third kappa shape index (κ3) is 2.97. The van der Waals surface area contributed by atoms with Crippen molar-refractivity contribution in [1.82, 2.24) is 10.2 Å². The molecule has 0 amide bonds. The first-order valence-electron chi connectivity index (χ1n) is 6.57. The number of nitrogens with one attached hydrogen (secondary N) is 1. The van der Waals surface area contributed by atoms with Gasteiger partial charge in [-0.3, -0.25) is 15.0 Å². The Labute approximate surface area is 118 Å². The summed E-state index contributed by atoms with van der Waals surface area (Å²) in [5.41, 5.74) is 0.862. The number of rotatable bonds is 5. The fourth-order valence-electron chi connectivity index (χ4n) is 2.49. The van der Waals surface area contributed by atoms with Crippen molar-refractivity contribution in [1.29, 1.82) is 0 Å². The molecule has 20 heavy (non-hydrogen) atoms. The Morgan fingerprint density at radius 1 is 1.50 bits per heavy atom. The summed E-state index contributed by atoms with van der Waals surface area (Å²) in [7, 11) is 1.43. The van der Waals surface area contributed by atoms with E-state index in [1.165, 1.54) is 7.11 Å². The van der Waals surface area contributed by atoms with Gasteiger partial charge < -0.3 is 10.1 Å². The molecule has 1 heterocycles. The molecule has 108 valence electrons. The SMILES string of the molecule is C=C[C@@H](c1ccc(OC)c([N+](=O)[O-])c1)N1CCNCC1. The zero-order chi connectivity index (χ0) is 14.5. The molecule has 1 saturated heterocycles. The first-order chi connectivity index (χ1) is 9.67. The summed E-state index contributed by atoms with van der Waals surface area (Å²) in [5.74, 6) is 0.280. The van der Waals surface area contributed by atoms with Crippen LogP contribution in [0.15, 0.2) is 30.9 Å². The molecule has 1 aromatic rings. The number of piperazine rings is 1. The summed E-state index contributed by atoms with van der Waals surface area (Å²) in [5, 5.41) is 14.4. The number of ether oxygens (including phenoxy) is 1. The molecule has 0 spiro atoms. The van der Waals surface area contributed by atoms with Gasteiger partial charge in [0.2, 0.25) is 0 Å². The standard InChI is InChI=1S/C14H19N3O3/c1-3-12(16-8-6-15-7-9-16)11-4-5-14(20-2)13(10-11)17(18)19/h3-5,10,12,15H,1,6-9H2,2H3/t12-/m0/s1. The molecule has 6 heteroatoms. The van der Waals surface area contributed by atoms with E-state index in [0.29, 0.717) is 0 Å². The fraction of sp³-hybridized carbons (Fsp3) is 0.429. The van der Waals surface area contributed by atoms with Gasteiger partial charge in [0, 0.05) is 32.2 Å². The van der Waals surface area contributed by atoms with Crippen LogP contribution in [0.5, 0.6) is 5.75 Å². The van der Waals surface area contributed by atoms with Crippen LogP contribution in [-0.2, 0) is 0 Å². The Morgan fingerprint density at radius 3 is 2.75 bits per heavy atom. The lowest BCUT2D eigenvalue weighted by Crippen LogP contribution is -2.44. The van der Waals surface area contributed by atoms with E-state index >= 15 is 0 Å². The Bertz CT molecular complexity index is 498. The molecule has 0 aliphatic carbocycles. The van der Waals surface area contributed by atoms with Crippen LogP contribution in [0.1, 0.15) is 11.6 Å². The summed E-state index contributed by atoms with van der Waals surface area (Å²) in [6.45, 7) is 7.50. The van der Waals surface area contributed by atoms with E-state index in [2.05, 4.69) is 16.8 Å². The summed E-state index contributed by atoms with van der Waals surface area (Å²) in [6.07, 6.45) is 1.83. The summed E-state index contributed by atoms with van der Waals surface area (Å²) in [4.78, 5) is 12.9. The lowest BCUT2D eigenvalue weighted by atomic mass is 10.0. The van der Waals surface area contributed by atoms with Crippen LogP contribution in [0, 0.1) is 10.1 Å². The molecule has 1 aliphatic heterocycles. The van der Waals surface area contributed by atoms with E-state index in [0.717, 1.165) is 31.7 Å². The average molecular weight is 277 g/mol. The van der Waals surface area contributed by atoms with Gasteiger partial charge in [0.15, 0.2) is 5.75 Å². The highest BCUT2D eigenvalue weighted by Crippen LogP contribution is 2.32. The number of benzene rings is 1. The maximum Gasteiger partial charge on any atom is 0.311 e. The highest BCUT2D eigenvalue weighted by Gasteiger charge is 2.23. The van der Waals surface area contributed by atoms with E-state index in [1.54, 1.807) is 12.1 Å². The third-order valence-corrected chi connectivity index (χ3v) is 3.51. The van der Waals surface area contributed by atoms with Crippen molar-refractivity contribution < 1.29 is 9.66 Å². The van der Waals surface area contributed by atoms with Gasteiger partial charge in [-0.05, 0) is 11.6 Å². The largest absolute Gasteiger partial charge is 0.490 e. The smallest absolute Gasteiger partial charge is 0.311 e. The number of hydrogen-bond donors (Lipinski definition) is 1. The minimum absolute atomic E-state index is 0.00742. The van der Waals surface area contributed by atoms with Crippen LogP contribution in [0.2, 0.25) is 0 Å². The van der Waals surface area contributed by atoms with Gasteiger partial charge in [-0.1, -0.05) is 12.1 Å². The van der Waals surface area contributed by atoms with Crippen molar-refractivity contribution >= 4 is 5.69 Å². The highest BCUT2D eigenvalue weighted by molar-refractivity contribution is 5.49. The number of nitrogens with zero attached hydrogens (tertiary/aromatic N) is 2. The maximum absolute atomic E-state index is 11.1. The fourth-order valence-corrected chi connectivity index (χ4v) is 2.49. The Balaban J connectivity index is 2.31. The van der Waals surface area contributed by atoms with Crippen molar-refractivity contribution in [2.45, 2.75) is 6.04 Å². The predicted molar refractivity (Wildman–Crippen MR) is 77.0 cm³/mol.